The standard InChI is InChI=1S/C15H15N3O6S/c19-13-7-8-14(20)17(13)24-15(21)11-5-3-9-16(11)25-12-6-2-1-4-10(12)18(22)23/h1-2,4,6,11H,3,5,7-9H2/t11-/m0/s1. The van der Waals surface area contributed by atoms with Crippen LogP contribution < -0.4 is 0 Å². The molecule has 2 aliphatic heterocycles. The maximum atomic E-state index is 12.4. The van der Waals surface area contributed by atoms with Gasteiger partial charge in [-0.05, 0) is 30.9 Å². The molecule has 2 amide bonds. The van der Waals surface area contributed by atoms with E-state index in [1.165, 1.54) is 6.07 Å². The van der Waals surface area contributed by atoms with Crippen LogP contribution in [0.2, 0.25) is 0 Å². The summed E-state index contributed by atoms with van der Waals surface area (Å²) in [7, 11) is 0. The SMILES string of the molecule is O=C(ON1C(=O)CCC1=O)[C@@H]1CCCN1Sc1ccccc1[N+](=O)[O-]. The Balaban J connectivity index is 1.70. The Morgan fingerprint density at radius 1 is 1.24 bits per heavy atom. The Labute approximate surface area is 147 Å². The summed E-state index contributed by atoms with van der Waals surface area (Å²) >= 11 is 1.10. The van der Waals surface area contributed by atoms with Gasteiger partial charge in [-0.3, -0.25) is 19.7 Å². The zero-order valence-electron chi connectivity index (χ0n) is 13.1. The lowest BCUT2D eigenvalue weighted by atomic mass is 10.2. The van der Waals surface area contributed by atoms with E-state index in [2.05, 4.69) is 0 Å². The Kier molecular flexibility index (Phi) is 5.00. The van der Waals surface area contributed by atoms with Crippen molar-refractivity contribution in [2.75, 3.05) is 6.54 Å². The number of imide groups is 1. The molecule has 1 aromatic carbocycles. The highest BCUT2D eigenvalue weighted by Crippen LogP contribution is 2.36. The van der Waals surface area contributed by atoms with Gasteiger partial charge in [-0.1, -0.05) is 12.1 Å². The smallest absolute Gasteiger partial charge is 0.329 e. The van der Waals surface area contributed by atoms with Crippen LogP contribution in [0.15, 0.2) is 29.2 Å². The average Bonchev–Trinajstić information content (AvgIpc) is 3.17. The second-order valence-corrected chi connectivity index (χ2v) is 6.70. The number of benzene rings is 1. The van der Waals surface area contributed by atoms with Gasteiger partial charge in [-0.2, -0.15) is 0 Å². The Morgan fingerprint density at radius 3 is 2.60 bits per heavy atom. The van der Waals surface area contributed by atoms with Gasteiger partial charge in [0.05, 0.1) is 4.92 Å². The summed E-state index contributed by atoms with van der Waals surface area (Å²) in [5, 5.41) is 11.6. The predicted molar refractivity (Wildman–Crippen MR) is 85.9 cm³/mol. The summed E-state index contributed by atoms with van der Waals surface area (Å²) in [5.74, 6) is -1.77. The van der Waals surface area contributed by atoms with E-state index >= 15 is 0 Å². The Morgan fingerprint density at radius 2 is 1.92 bits per heavy atom. The van der Waals surface area contributed by atoms with Gasteiger partial charge in [0.1, 0.15) is 10.9 Å². The van der Waals surface area contributed by atoms with E-state index in [9.17, 15) is 24.5 Å². The van der Waals surface area contributed by atoms with Crippen LogP contribution in [0.25, 0.3) is 0 Å². The molecular formula is C15H15N3O6S. The fourth-order valence-electron chi connectivity index (χ4n) is 2.71. The fraction of sp³-hybridized carbons (Fsp3) is 0.400. The van der Waals surface area contributed by atoms with E-state index in [0.717, 1.165) is 11.9 Å². The first-order valence-electron chi connectivity index (χ1n) is 7.73. The van der Waals surface area contributed by atoms with Crippen LogP contribution in [0.1, 0.15) is 25.7 Å². The number of rotatable bonds is 5. The first-order chi connectivity index (χ1) is 12.0. The van der Waals surface area contributed by atoms with Crippen molar-refractivity contribution in [3.05, 3.63) is 34.4 Å². The molecule has 2 saturated heterocycles. The average molecular weight is 365 g/mol. The van der Waals surface area contributed by atoms with Gasteiger partial charge in [0, 0.05) is 25.5 Å². The Hall–Kier alpha value is -2.46. The van der Waals surface area contributed by atoms with E-state index in [1.807, 2.05) is 0 Å². The number of hydrogen-bond acceptors (Lipinski definition) is 8. The first kappa shape index (κ1) is 17.4. The topological polar surface area (TPSA) is 110 Å². The zero-order chi connectivity index (χ0) is 18.0. The molecule has 3 rings (SSSR count). The third kappa shape index (κ3) is 3.64. The van der Waals surface area contributed by atoms with Crippen LogP contribution in [0.5, 0.6) is 0 Å². The zero-order valence-corrected chi connectivity index (χ0v) is 13.9. The monoisotopic (exact) mass is 365 g/mol. The van der Waals surface area contributed by atoms with Crippen molar-refractivity contribution >= 4 is 35.4 Å². The van der Waals surface area contributed by atoms with E-state index < -0.39 is 28.7 Å². The molecule has 2 fully saturated rings. The molecule has 1 aromatic rings. The molecule has 10 heteroatoms. The number of hydrogen-bond donors (Lipinski definition) is 0. The maximum absolute atomic E-state index is 12.4. The lowest BCUT2D eigenvalue weighted by Crippen LogP contribution is -2.40. The van der Waals surface area contributed by atoms with Gasteiger partial charge in [-0.25, -0.2) is 9.10 Å². The molecule has 0 unspecified atom stereocenters. The lowest BCUT2D eigenvalue weighted by molar-refractivity contribution is -0.387. The van der Waals surface area contributed by atoms with Crippen molar-refractivity contribution in [1.82, 2.24) is 9.37 Å². The highest BCUT2D eigenvalue weighted by atomic mass is 32.2. The van der Waals surface area contributed by atoms with Crippen molar-refractivity contribution in [2.45, 2.75) is 36.6 Å². The van der Waals surface area contributed by atoms with E-state index in [0.29, 0.717) is 29.3 Å². The molecule has 0 aromatic heterocycles. The normalized spacial score (nSPS) is 21.0. The molecular weight excluding hydrogens is 350 g/mol. The quantitative estimate of drug-likeness (QED) is 0.335. The van der Waals surface area contributed by atoms with Crippen molar-refractivity contribution in [3.8, 4) is 0 Å². The second kappa shape index (κ2) is 7.19. The summed E-state index contributed by atoms with van der Waals surface area (Å²) < 4.78 is 1.69. The molecule has 0 spiro atoms. The molecule has 0 aliphatic carbocycles. The van der Waals surface area contributed by atoms with Gasteiger partial charge in [-0.15, -0.1) is 5.06 Å². The molecule has 132 valence electrons. The van der Waals surface area contributed by atoms with Crippen LogP contribution in [-0.2, 0) is 19.2 Å². The van der Waals surface area contributed by atoms with Crippen LogP contribution in [0.3, 0.4) is 0 Å². The minimum absolute atomic E-state index is 0.0332. The Bertz CT molecular complexity index is 724. The number of nitro benzene ring substituents is 1. The number of carbonyl (C=O) groups is 3. The molecule has 9 nitrogen and oxygen atoms in total. The van der Waals surface area contributed by atoms with Crippen LogP contribution in [0, 0.1) is 10.1 Å². The van der Waals surface area contributed by atoms with Gasteiger partial charge in [0.25, 0.3) is 17.5 Å². The lowest BCUT2D eigenvalue weighted by Gasteiger charge is -2.23. The largest absolute Gasteiger partial charge is 0.351 e. The van der Waals surface area contributed by atoms with Gasteiger partial charge in [0.2, 0.25) is 0 Å². The summed E-state index contributed by atoms with van der Waals surface area (Å²) in [6.07, 6.45) is 1.26. The molecule has 25 heavy (non-hydrogen) atoms. The van der Waals surface area contributed by atoms with E-state index in [4.69, 9.17) is 4.84 Å². The molecule has 0 radical (unpaired) electrons. The maximum Gasteiger partial charge on any atom is 0.351 e. The second-order valence-electron chi connectivity index (χ2n) is 5.61. The van der Waals surface area contributed by atoms with E-state index in [-0.39, 0.29) is 18.5 Å². The van der Waals surface area contributed by atoms with Crippen molar-refractivity contribution < 1.29 is 24.1 Å². The summed E-state index contributed by atoms with van der Waals surface area (Å²) in [6.45, 7) is 0.540. The number of hydroxylamine groups is 2. The minimum atomic E-state index is -0.702. The minimum Gasteiger partial charge on any atom is -0.329 e. The molecule has 0 bridgehead atoms. The summed E-state index contributed by atoms with van der Waals surface area (Å²) in [4.78, 5) is 51.5. The van der Waals surface area contributed by atoms with Crippen molar-refractivity contribution in [1.29, 1.82) is 0 Å². The van der Waals surface area contributed by atoms with Gasteiger partial charge in [0.15, 0.2) is 0 Å². The summed E-state index contributed by atoms with van der Waals surface area (Å²) in [5.41, 5.74) is -0.0450. The molecule has 0 saturated carbocycles. The number of carbonyl (C=O) groups excluding carboxylic acids is 3. The fourth-order valence-corrected chi connectivity index (χ4v) is 3.87. The van der Waals surface area contributed by atoms with Crippen LogP contribution in [-0.4, -0.2) is 44.7 Å². The molecule has 2 aliphatic rings. The summed E-state index contributed by atoms with van der Waals surface area (Å²) in [6, 6.07) is 5.58. The molecule has 1 atom stereocenters. The van der Waals surface area contributed by atoms with Crippen molar-refractivity contribution in [2.24, 2.45) is 0 Å². The van der Waals surface area contributed by atoms with Crippen LogP contribution in [0.4, 0.5) is 5.69 Å². The first-order valence-corrected chi connectivity index (χ1v) is 8.50. The number of amides is 2. The van der Waals surface area contributed by atoms with E-state index in [1.54, 1.807) is 22.5 Å². The number of nitro groups is 1. The third-order valence-electron chi connectivity index (χ3n) is 3.94. The number of nitrogens with zero attached hydrogens (tertiary/aromatic N) is 3. The molecule has 0 N–H and O–H groups in total. The number of para-hydroxylation sites is 1. The van der Waals surface area contributed by atoms with Gasteiger partial charge < -0.3 is 4.84 Å². The highest BCUT2D eigenvalue weighted by Gasteiger charge is 2.39. The van der Waals surface area contributed by atoms with Crippen molar-refractivity contribution in [3.63, 3.8) is 0 Å². The highest BCUT2D eigenvalue weighted by molar-refractivity contribution is 7.97. The predicted octanol–water partition coefficient (Wildman–Crippen LogP) is 1.67. The van der Waals surface area contributed by atoms with Gasteiger partial charge >= 0.3 is 5.97 Å². The molecule has 2 heterocycles. The van der Waals surface area contributed by atoms with Crippen LogP contribution >= 0.6 is 11.9 Å². The third-order valence-corrected chi connectivity index (χ3v) is 5.15.